The van der Waals surface area contributed by atoms with Gasteiger partial charge >= 0.3 is 17.9 Å². The molecule has 1 saturated heterocycles. The number of epoxide rings is 1. The van der Waals surface area contributed by atoms with Gasteiger partial charge in [0.05, 0.1) is 6.10 Å². The monoisotopic (exact) mass is 484 g/mol. The van der Waals surface area contributed by atoms with Gasteiger partial charge < -0.3 is 18.9 Å². The highest BCUT2D eigenvalue weighted by Gasteiger charge is 2.81. The third kappa shape index (κ3) is 3.14. The molecule has 1 spiro atoms. The maximum Gasteiger partial charge on any atom is 0.308 e. The molecule has 0 unspecified atom stereocenters. The number of esters is 3. The van der Waals surface area contributed by atoms with E-state index in [4.69, 9.17) is 18.9 Å². The number of fused-ring (bicyclic) bond motifs is 3. The predicted molar refractivity (Wildman–Crippen MR) is 122 cm³/mol. The Bertz CT molecular complexity index is 1120. The lowest BCUT2D eigenvalue weighted by atomic mass is 9.48. The highest BCUT2D eigenvalue weighted by Crippen LogP contribution is 2.75. The molecule has 3 fully saturated rings. The largest absolute Gasteiger partial charge is 0.458 e. The second-order valence-electron chi connectivity index (χ2n) is 11.0. The van der Waals surface area contributed by atoms with E-state index in [-0.39, 0.29) is 29.7 Å². The molecule has 0 aromatic carbocycles. The van der Waals surface area contributed by atoms with Crippen molar-refractivity contribution >= 4 is 23.7 Å². The first-order chi connectivity index (χ1) is 16.4. The van der Waals surface area contributed by atoms with Crippen molar-refractivity contribution in [2.24, 2.45) is 22.7 Å². The van der Waals surface area contributed by atoms with Gasteiger partial charge in [-0.15, -0.1) is 0 Å². The molecule has 0 aromatic heterocycles. The molecule has 0 bridgehead atoms. The molecule has 8 heteroatoms. The Labute approximate surface area is 204 Å². The van der Waals surface area contributed by atoms with E-state index in [0.29, 0.717) is 25.0 Å². The van der Waals surface area contributed by atoms with Crippen molar-refractivity contribution in [3.05, 3.63) is 35.6 Å². The van der Waals surface area contributed by atoms with Gasteiger partial charge in [0.1, 0.15) is 11.4 Å². The number of carbonyl (C=O) groups is 4. The molecule has 7 atom stereocenters. The summed E-state index contributed by atoms with van der Waals surface area (Å²) in [5.74, 6) is -1.10. The first kappa shape index (κ1) is 24.0. The van der Waals surface area contributed by atoms with E-state index in [2.05, 4.69) is 19.1 Å². The quantitative estimate of drug-likeness (QED) is 0.332. The molecule has 35 heavy (non-hydrogen) atoms. The summed E-state index contributed by atoms with van der Waals surface area (Å²) in [5, 5.41) is 0. The van der Waals surface area contributed by atoms with Crippen LogP contribution in [0.1, 0.15) is 60.3 Å². The maximum atomic E-state index is 13.5. The van der Waals surface area contributed by atoms with Crippen molar-refractivity contribution in [3.8, 4) is 0 Å². The molecular formula is C27H32O8. The summed E-state index contributed by atoms with van der Waals surface area (Å²) in [5.41, 5.74) is -1.77. The first-order valence-electron chi connectivity index (χ1n) is 12.2. The van der Waals surface area contributed by atoms with Crippen molar-refractivity contribution in [2.45, 2.75) is 77.6 Å². The van der Waals surface area contributed by atoms with Gasteiger partial charge in [-0.05, 0) is 62.2 Å². The number of ether oxygens (including phenoxy) is 4. The summed E-state index contributed by atoms with van der Waals surface area (Å²) in [6.45, 7) is 7.72. The minimum absolute atomic E-state index is 0.0729. The van der Waals surface area contributed by atoms with E-state index in [0.717, 1.165) is 12.0 Å². The Morgan fingerprint density at radius 2 is 1.80 bits per heavy atom. The zero-order valence-electron chi connectivity index (χ0n) is 20.8. The highest BCUT2D eigenvalue weighted by atomic mass is 16.6. The van der Waals surface area contributed by atoms with Crippen molar-refractivity contribution in [3.63, 3.8) is 0 Å². The van der Waals surface area contributed by atoms with Crippen LogP contribution in [-0.2, 0) is 38.1 Å². The number of rotatable bonds is 5. The molecule has 5 rings (SSSR count). The molecule has 2 saturated carbocycles. The Kier molecular flexibility index (Phi) is 5.23. The van der Waals surface area contributed by atoms with Gasteiger partial charge in [-0.1, -0.05) is 19.1 Å². The van der Waals surface area contributed by atoms with E-state index in [1.54, 1.807) is 0 Å². The number of hydrogen-bond acceptors (Lipinski definition) is 8. The fourth-order valence-corrected chi connectivity index (χ4v) is 7.83. The third-order valence-corrected chi connectivity index (χ3v) is 9.27. The summed E-state index contributed by atoms with van der Waals surface area (Å²) < 4.78 is 22.8. The molecule has 1 aliphatic heterocycles. The van der Waals surface area contributed by atoms with Crippen LogP contribution in [0.2, 0.25) is 0 Å². The average molecular weight is 485 g/mol. The lowest BCUT2D eigenvalue weighted by molar-refractivity contribution is -0.187. The Morgan fingerprint density at radius 1 is 1.06 bits per heavy atom. The fraction of sp³-hybridized carbons (Fsp3) is 0.630. The molecule has 8 nitrogen and oxygen atoms in total. The number of carbonyl (C=O) groups excluding carboxylic acids is 4. The predicted octanol–water partition coefficient (Wildman–Crippen LogP) is 3.35. The fourth-order valence-electron chi connectivity index (χ4n) is 7.83. The number of ketones is 1. The van der Waals surface area contributed by atoms with Crippen molar-refractivity contribution in [2.75, 3.05) is 6.61 Å². The van der Waals surface area contributed by atoms with Crippen molar-refractivity contribution in [1.29, 1.82) is 0 Å². The van der Waals surface area contributed by atoms with Crippen LogP contribution in [0, 0.1) is 22.7 Å². The molecule has 0 radical (unpaired) electrons. The molecule has 0 N–H and O–H groups in total. The molecule has 0 aromatic rings. The van der Waals surface area contributed by atoms with Gasteiger partial charge in [0.25, 0.3) is 0 Å². The van der Waals surface area contributed by atoms with E-state index in [9.17, 15) is 19.2 Å². The minimum Gasteiger partial charge on any atom is -0.458 e. The van der Waals surface area contributed by atoms with Gasteiger partial charge in [0, 0.05) is 31.6 Å². The number of hydrogen-bond donors (Lipinski definition) is 0. The Hall–Kier alpha value is -2.74. The van der Waals surface area contributed by atoms with Crippen LogP contribution in [0.5, 0.6) is 0 Å². The first-order valence-corrected chi connectivity index (χ1v) is 12.2. The summed E-state index contributed by atoms with van der Waals surface area (Å²) in [4.78, 5) is 48.6. The summed E-state index contributed by atoms with van der Waals surface area (Å²) in [6, 6.07) is 0. The molecular weight excluding hydrogens is 452 g/mol. The van der Waals surface area contributed by atoms with Gasteiger partial charge in [0.15, 0.2) is 12.2 Å². The number of Topliss-reactive ketones (excluding diaryl/α,β-unsaturated/α-hetero) is 1. The average Bonchev–Trinajstić information content (AvgIpc) is 3.41. The van der Waals surface area contributed by atoms with E-state index < -0.39 is 40.6 Å². The Balaban J connectivity index is 1.51. The topological polar surface area (TPSA) is 109 Å². The third-order valence-electron chi connectivity index (χ3n) is 9.27. The standard InChI is InChI=1S/C27H32O8/c1-15(28)32-14-22(31)26(34-17(3)30)11-9-20-21-7-6-18-12-19(33-16(2)29)8-10-24(18,4)27(21)23(35-27)13-25(20,26)5/h6,8,10,12,20-21,23H,7,9,11,13-14H2,1-5H3/t20-,21-,23-,24-,25-,26-,27+/m0/s1. The zero-order chi connectivity index (χ0) is 25.4. The lowest BCUT2D eigenvalue weighted by Crippen LogP contribution is -2.62. The van der Waals surface area contributed by atoms with Crippen LogP contribution >= 0.6 is 0 Å². The second kappa shape index (κ2) is 7.63. The minimum atomic E-state index is -1.35. The van der Waals surface area contributed by atoms with Crippen LogP contribution in [0.15, 0.2) is 35.6 Å². The maximum absolute atomic E-state index is 13.5. The van der Waals surface area contributed by atoms with Crippen LogP contribution in [0.25, 0.3) is 0 Å². The zero-order valence-corrected chi connectivity index (χ0v) is 20.8. The SMILES string of the molecule is CC(=O)OCC(=O)[C@@]1(OC(C)=O)CC[C@H]2[C@@H]3CC=C4C=C(OC(C)=O)C=C[C@]4(C)[C@@]34O[C@H]4C[C@@]21C. The molecule has 4 aliphatic carbocycles. The highest BCUT2D eigenvalue weighted by molar-refractivity contribution is 5.93. The summed E-state index contributed by atoms with van der Waals surface area (Å²) in [6.07, 6.45) is 10.3. The van der Waals surface area contributed by atoms with Crippen molar-refractivity contribution < 1.29 is 38.1 Å². The van der Waals surface area contributed by atoms with E-state index in [1.807, 2.05) is 19.1 Å². The van der Waals surface area contributed by atoms with Crippen LogP contribution < -0.4 is 0 Å². The normalized spacial score (nSPS) is 42.3. The Morgan fingerprint density at radius 3 is 2.46 bits per heavy atom. The molecule has 1 heterocycles. The lowest BCUT2D eigenvalue weighted by Gasteiger charge is -2.54. The van der Waals surface area contributed by atoms with Gasteiger partial charge in [-0.3, -0.25) is 19.2 Å². The smallest absolute Gasteiger partial charge is 0.308 e. The molecule has 188 valence electrons. The van der Waals surface area contributed by atoms with E-state index in [1.165, 1.54) is 20.8 Å². The molecule has 0 amide bonds. The van der Waals surface area contributed by atoms with Gasteiger partial charge in [-0.25, -0.2) is 0 Å². The number of allylic oxidation sites excluding steroid dienone is 3. The van der Waals surface area contributed by atoms with Crippen LogP contribution in [0.3, 0.4) is 0 Å². The van der Waals surface area contributed by atoms with Gasteiger partial charge in [0.2, 0.25) is 5.78 Å². The van der Waals surface area contributed by atoms with Crippen molar-refractivity contribution in [1.82, 2.24) is 0 Å². The summed E-state index contributed by atoms with van der Waals surface area (Å²) in [7, 11) is 0. The van der Waals surface area contributed by atoms with E-state index >= 15 is 0 Å². The second-order valence-corrected chi connectivity index (χ2v) is 11.0. The van der Waals surface area contributed by atoms with Crippen LogP contribution in [-0.4, -0.2) is 47.6 Å². The summed E-state index contributed by atoms with van der Waals surface area (Å²) >= 11 is 0. The van der Waals surface area contributed by atoms with Gasteiger partial charge in [-0.2, -0.15) is 0 Å². The molecule has 5 aliphatic rings. The van der Waals surface area contributed by atoms with Crippen LogP contribution in [0.4, 0.5) is 0 Å².